The van der Waals surface area contributed by atoms with Crippen molar-refractivity contribution in [1.29, 1.82) is 0 Å². The van der Waals surface area contributed by atoms with Crippen LogP contribution in [0.1, 0.15) is 45.0 Å². The number of hydrogen-bond acceptors (Lipinski definition) is 6. The lowest BCUT2D eigenvalue weighted by Gasteiger charge is -2.17. The smallest absolute Gasteiger partial charge is 0.348 e. The first-order valence-corrected chi connectivity index (χ1v) is 10.4. The molecule has 0 atom stereocenters. The number of rotatable bonds is 6. The number of thiophene rings is 2. The predicted octanol–water partition coefficient (Wildman–Crippen LogP) is 4.66. The van der Waals surface area contributed by atoms with Gasteiger partial charge in [0.2, 0.25) is 11.7 Å². The Labute approximate surface area is 171 Å². The minimum Gasteiger partial charge on any atom is -0.453 e. The van der Waals surface area contributed by atoms with E-state index < -0.39 is 11.4 Å². The second-order valence-corrected chi connectivity index (χ2v) is 9.60. The standard InChI is InChI=1S/C21H21NO4S2/c1-21(2,3)20(25)22-11-14-8-9-17(27-14)15(23)12-26-19(24)18-10-13-6-4-5-7-16(13)28-18/h4-10H,11-12H2,1-3H3,(H,22,25). The van der Waals surface area contributed by atoms with E-state index in [-0.39, 0.29) is 18.3 Å². The number of carbonyl (C=O) groups is 3. The third-order valence-corrected chi connectivity index (χ3v) is 6.22. The molecule has 0 unspecified atom stereocenters. The van der Waals surface area contributed by atoms with Crippen LogP contribution in [0.5, 0.6) is 0 Å². The molecule has 0 fully saturated rings. The Morgan fingerprint density at radius 1 is 1.00 bits per heavy atom. The molecular formula is C21H21NO4S2. The van der Waals surface area contributed by atoms with Gasteiger partial charge < -0.3 is 10.1 Å². The van der Waals surface area contributed by atoms with Crippen LogP contribution in [-0.4, -0.2) is 24.3 Å². The minimum absolute atomic E-state index is 0.0500. The van der Waals surface area contributed by atoms with Crippen molar-refractivity contribution >= 4 is 50.4 Å². The number of hydrogen-bond donors (Lipinski definition) is 1. The molecule has 0 aliphatic rings. The van der Waals surface area contributed by atoms with Crippen LogP contribution in [0, 0.1) is 5.41 Å². The summed E-state index contributed by atoms with van der Waals surface area (Å²) in [7, 11) is 0. The van der Waals surface area contributed by atoms with Gasteiger partial charge >= 0.3 is 5.97 Å². The Morgan fingerprint density at radius 3 is 2.46 bits per heavy atom. The number of ketones is 1. The van der Waals surface area contributed by atoms with Crippen molar-refractivity contribution in [2.45, 2.75) is 27.3 Å². The fourth-order valence-electron chi connectivity index (χ4n) is 2.41. The summed E-state index contributed by atoms with van der Waals surface area (Å²) in [5.41, 5.74) is -0.462. The number of fused-ring (bicyclic) bond motifs is 1. The summed E-state index contributed by atoms with van der Waals surface area (Å²) >= 11 is 2.64. The second kappa shape index (κ2) is 8.24. The highest BCUT2D eigenvalue weighted by molar-refractivity contribution is 7.20. The van der Waals surface area contributed by atoms with Gasteiger partial charge in [-0.05, 0) is 29.7 Å². The van der Waals surface area contributed by atoms with E-state index in [2.05, 4.69) is 5.32 Å². The Balaban J connectivity index is 1.54. The van der Waals surface area contributed by atoms with Crippen LogP contribution in [0.4, 0.5) is 0 Å². The molecule has 146 valence electrons. The Bertz CT molecular complexity index is 993. The highest BCUT2D eigenvalue weighted by Gasteiger charge is 2.21. The molecule has 3 rings (SSSR count). The van der Waals surface area contributed by atoms with Crippen molar-refractivity contribution in [3.63, 3.8) is 0 Å². The molecular weight excluding hydrogens is 394 g/mol. The van der Waals surface area contributed by atoms with E-state index in [0.717, 1.165) is 15.0 Å². The summed E-state index contributed by atoms with van der Waals surface area (Å²) in [5.74, 6) is -0.803. The average Bonchev–Trinajstić information content (AvgIpc) is 3.29. The highest BCUT2D eigenvalue weighted by atomic mass is 32.1. The quantitative estimate of drug-likeness (QED) is 0.469. The van der Waals surface area contributed by atoms with Gasteiger partial charge in [0.25, 0.3) is 0 Å². The summed E-state index contributed by atoms with van der Waals surface area (Å²) < 4.78 is 6.19. The normalized spacial score (nSPS) is 11.4. The van der Waals surface area contributed by atoms with Gasteiger partial charge in [0.15, 0.2) is 6.61 Å². The number of amides is 1. The van der Waals surface area contributed by atoms with Gasteiger partial charge in [0, 0.05) is 15.0 Å². The van der Waals surface area contributed by atoms with E-state index in [1.54, 1.807) is 18.2 Å². The summed E-state index contributed by atoms with van der Waals surface area (Å²) in [6.45, 7) is 5.60. The topological polar surface area (TPSA) is 72.5 Å². The molecule has 1 N–H and O–H groups in total. The van der Waals surface area contributed by atoms with Gasteiger partial charge in [-0.15, -0.1) is 22.7 Å². The lowest BCUT2D eigenvalue weighted by molar-refractivity contribution is -0.128. The molecule has 2 aromatic heterocycles. The van der Waals surface area contributed by atoms with E-state index in [0.29, 0.717) is 16.3 Å². The number of esters is 1. The number of Topliss-reactive ketones (excluding diaryl/α,β-unsaturated/α-hetero) is 1. The average molecular weight is 416 g/mol. The van der Waals surface area contributed by atoms with E-state index in [4.69, 9.17) is 4.74 Å². The largest absolute Gasteiger partial charge is 0.453 e. The van der Waals surface area contributed by atoms with Crippen molar-refractivity contribution in [1.82, 2.24) is 5.32 Å². The van der Waals surface area contributed by atoms with E-state index >= 15 is 0 Å². The van der Waals surface area contributed by atoms with Crippen molar-refractivity contribution in [3.8, 4) is 0 Å². The van der Waals surface area contributed by atoms with Gasteiger partial charge in [-0.2, -0.15) is 0 Å². The lowest BCUT2D eigenvalue weighted by atomic mass is 9.96. The van der Waals surface area contributed by atoms with Crippen molar-refractivity contribution in [2.75, 3.05) is 6.61 Å². The van der Waals surface area contributed by atoms with Gasteiger partial charge in [0.05, 0.1) is 11.4 Å². The zero-order valence-corrected chi connectivity index (χ0v) is 17.5. The molecule has 7 heteroatoms. The van der Waals surface area contributed by atoms with Crippen molar-refractivity contribution in [3.05, 3.63) is 57.1 Å². The third-order valence-electron chi connectivity index (χ3n) is 4.00. The monoisotopic (exact) mass is 415 g/mol. The van der Waals surface area contributed by atoms with E-state index in [9.17, 15) is 14.4 Å². The number of nitrogens with one attached hydrogen (secondary N) is 1. The van der Waals surface area contributed by atoms with Gasteiger partial charge in [-0.1, -0.05) is 39.0 Å². The molecule has 1 amide bonds. The lowest BCUT2D eigenvalue weighted by Crippen LogP contribution is -2.34. The van der Waals surface area contributed by atoms with Crippen LogP contribution >= 0.6 is 22.7 Å². The molecule has 3 aromatic rings. The van der Waals surface area contributed by atoms with Crippen LogP contribution < -0.4 is 5.32 Å². The summed E-state index contributed by atoms with van der Waals surface area (Å²) in [6, 6.07) is 13.0. The molecule has 0 saturated carbocycles. The Hall–Kier alpha value is -2.51. The molecule has 0 bridgehead atoms. The Kier molecular flexibility index (Phi) is 5.96. The molecule has 2 heterocycles. The zero-order valence-electron chi connectivity index (χ0n) is 15.9. The number of benzene rings is 1. The minimum atomic E-state index is -0.497. The first-order valence-electron chi connectivity index (χ1n) is 8.80. The van der Waals surface area contributed by atoms with Gasteiger partial charge in [-0.25, -0.2) is 4.79 Å². The van der Waals surface area contributed by atoms with Crippen LogP contribution in [0.2, 0.25) is 0 Å². The molecule has 0 spiro atoms. The zero-order chi connectivity index (χ0) is 20.3. The Morgan fingerprint density at radius 2 is 1.75 bits per heavy atom. The molecule has 0 aliphatic carbocycles. The van der Waals surface area contributed by atoms with Crippen molar-refractivity contribution < 1.29 is 19.1 Å². The first-order chi connectivity index (χ1) is 13.2. The summed E-state index contributed by atoms with van der Waals surface area (Å²) in [6.07, 6.45) is 0. The number of ether oxygens (including phenoxy) is 1. The van der Waals surface area contributed by atoms with E-state index in [1.165, 1.54) is 22.7 Å². The van der Waals surface area contributed by atoms with Gasteiger partial charge in [0.1, 0.15) is 4.88 Å². The van der Waals surface area contributed by atoms with E-state index in [1.807, 2.05) is 45.0 Å². The molecule has 28 heavy (non-hydrogen) atoms. The maximum Gasteiger partial charge on any atom is 0.348 e. The molecule has 5 nitrogen and oxygen atoms in total. The van der Waals surface area contributed by atoms with Crippen LogP contribution in [0.25, 0.3) is 10.1 Å². The maximum atomic E-state index is 12.3. The predicted molar refractivity (Wildman–Crippen MR) is 112 cm³/mol. The summed E-state index contributed by atoms with van der Waals surface area (Å²) in [4.78, 5) is 38.3. The molecule has 0 radical (unpaired) electrons. The summed E-state index contributed by atoms with van der Waals surface area (Å²) in [5, 5.41) is 3.83. The fraction of sp³-hybridized carbons (Fsp3) is 0.286. The first kappa shape index (κ1) is 20.2. The number of carbonyl (C=O) groups excluding carboxylic acids is 3. The SMILES string of the molecule is CC(C)(C)C(=O)NCc1ccc(C(=O)COC(=O)c2cc3ccccc3s2)s1. The highest BCUT2D eigenvalue weighted by Crippen LogP contribution is 2.26. The maximum absolute atomic E-state index is 12.3. The van der Waals surface area contributed by atoms with Gasteiger partial charge in [-0.3, -0.25) is 9.59 Å². The molecule has 0 saturated heterocycles. The second-order valence-electron chi connectivity index (χ2n) is 7.35. The van der Waals surface area contributed by atoms with Crippen LogP contribution in [0.15, 0.2) is 42.5 Å². The van der Waals surface area contributed by atoms with Crippen molar-refractivity contribution in [2.24, 2.45) is 5.41 Å². The molecule has 1 aromatic carbocycles. The third kappa shape index (κ3) is 4.85. The fourth-order valence-corrected chi connectivity index (χ4v) is 4.24. The molecule has 0 aliphatic heterocycles. The van der Waals surface area contributed by atoms with Crippen LogP contribution in [-0.2, 0) is 16.1 Å². The van der Waals surface area contributed by atoms with Crippen LogP contribution in [0.3, 0.4) is 0 Å².